The van der Waals surface area contributed by atoms with Gasteiger partial charge in [0.25, 0.3) is 0 Å². The van der Waals surface area contributed by atoms with Crippen LogP contribution in [0.5, 0.6) is 0 Å². The molecule has 0 amide bonds. The summed E-state index contributed by atoms with van der Waals surface area (Å²) in [5, 5.41) is 3.51. The fraction of sp³-hybridized carbons (Fsp3) is 0. The molecule has 25 heavy (non-hydrogen) atoms. The summed E-state index contributed by atoms with van der Waals surface area (Å²) in [5.41, 5.74) is 4.39. The van der Waals surface area contributed by atoms with Crippen molar-refractivity contribution in [1.82, 2.24) is 0 Å². The Morgan fingerprint density at radius 2 is 1.12 bits per heavy atom. The number of hydrogen-bond acceptors (Lipinski definition) is 1. The maximum absolute atomic E-state index is 6.45. The third-order valence-corrected chi connectivity index (χ3v) is 4.68. The largest absolute Gasteiger partial charge is 0.455 e. The van der Waals surface area contributed by atoms with E-state index in [2.05, 4.69) is 84.9 Å². The minimum absolute atomic E-state index is 0.929. The summed E-state index contributed by atoms with van der Waals surface area (Å²) in [7, 11) is 0. The molecule has 0 saturated carbocycles. The summed E-state index contributed by atoms with van der Waals surface area (Å²) in [4.78, 5) is 0. The lowest BCUT2D eigenvalue weighted by Gasteiger charge is -2.04. The first-order chi connectivity index (χ1) is 12.4. The first kappa shape index (κ1) is 14.1. The Morgan fingerprint density at radius 1 is 0.480 bits per heavy atom. The van der Waals surface area contributed by atoms with Crippen LogP contribution in [-0.2, 0) is 0 Å². The van der Waals surface area contributed by atoms with Gasteiger partial charge >= 0.3 is 0 Å². The fourth-order valence-electron chi connectivity index (χ4n) is 3.51. The monoisotopic (exact) mass is 320 g/mol. The Balaban J connectivity index is 1.93. The van der Waals surface area contributed by atoms with Gasteiger partial charge in [-0.1, -0.05) is 91.0 Å². The highest BCUT2D eigenvalue weighted by Crippen LogP contribution is 2.42. The van der Waals surface area contributed by atoms with Crippen molar-refractivity contribution >= 4 is 21.7 Å². The van der Waals surface area contributed by atoms with Crippen LogP contribution in [-0.4, -0.2) is 0 Å². The second kappa shape index (κ2) is 5.64. The Labute approximate surface area is 146 Å². The van der Waals surface area contributed by atoms with E-state index in [1.54, 1.807) is 0 Å². The minimum Gasteiger partial charge on any atom is -0.455 e. The van der Waals surface area contributed by atoms with Gasteiger partial charge in [0.2, 0.25) is 0 Å². The molecule has 0 fully saturated rings. The summed E-state index contributed by atoms with van der Waals surface area (Å²) in [5.74, 6) is 0.929. The van der Waals surface area contributed by atoms with E-state index in [1.807, 2.05) is 12.1 Å². The van der Waals surface area contributed by atoms with E-state index in [0.29, 0.717) is 0 Å². The lowest BCUT2D eigenvalue weighted by atomic mass is 9.97. The van der Waals surface area contributed by atoms with E-state index >= 15 is 0 Å². The zero-order valence-corrected chi connectivity index (χ0v) is 13.6. The summed E-state index contributed by atoms with van der Waals surface area (Å²) >= 11 is 0. The molecule has 0 radical (unpaired) electrons. The molecule has 0 bridgehead atoms. The van der Waals surface area contributed by atoms with Gasteiger partial charge in [-0.15, -0.1) is 0 Å². The van der Waals surface area contributed by atoms with Crippen LogP contribution < -0.4 is 0 Å². The van der Waals surface area contributed by atoms with E-state index in [4.69, 9.17) is 4.42 Å². The highest BCUT2D eigenvalue weighted by Gasteiger charge is 2.18. The summed E-state index contributed by atoms with van der Waals surface area (Å²) in [6.45, 7) is 0. The molecule has 4 aromatic carbocycles. The Morgan fingerprint density at radius 3 is 1.88 bits per heavy atom. The molecule has 0 aliphatic rings. The molecule has 1 heterocycles. The average molecular weight is 320 g/mol. The van der Waals surface area contributed by atoms with Crippen molar-refractivity contribution in [2.45, 2.75) is 0 Å². The third-order valence-electron chi connectivity index (χ3n) is 4.68. The summed E-state index contributed by atoms with van der Waals surface area (Å²) < 4.78 is 6.45. The minimum atomic E-state index is 0.929. The normalized spacial score (nSPS) is 11.2. The first-order valence-corrected chi connectivity index (χ1v) is 8.47. The van der Waals surface area contributed by atoms with Gasteiger partial charge < -0.3 is 4.42 Å². The van der Waals surface area contributed by atoms with Crippen LogP contribution in [0, 0.1) is 0 Å². The maximum Gasteiger partial charge on any atom is 0.143 e. The first-order valence-electron chi connectivity index (χ1n) is 8.47. The summed E-state index contributed by atoms with van der Waals surface area (Å²) in [6.07, 6.45) is 0. The van der Waals surface area contributed by atoms with Crippen LogP contribution in [0.2, 0.25) is 0 Å². The van der Waals surface area contributed by atoms with Crippen LogP contribution >= 0.6 is 0 Å². The van der Waals surface area contributed by atoms with Gasteiger partial charge in [0.1, 0.15) is 11.3 Å². The van der Waals surface area contributed by atoms with Gasteiger partial charge in [-0.3, -0.25) is 0 Å². The van der Waals surface area contributed by atoms with Gasteiger partial charge in [0, 0.05) is 21.9 Å². The van der Waals surface area contributed by atoms with Crippen molar-refractivity contribution in [3.05, 3.63) is 97.1 Å². The van der Waals surface area contributed by atoms with E-state index in [1.165, 1.54) is 10.9 Å². The average Bonchev–Trinajstić information content (AvgIpc) is 3.09. The highest BCUT2D eigenvalue weighted by molar-refractivity contribution is 6.12. The zero-order chi connectivity index (χ0) is 16.6. The Bertz CT molecular complexity index is 1170. The van der Waals surface area contributed by atoms with Crippen LogP contribution in [0.3, 0.4) is 0 Å². The van der Waals surface area contributed by atoms with Gasteiger partial charge in [-0.25, -0.2) is 0 Å². The van der Waals surface area contributed by atoms with Crippen LogP contribution in [0.15, 0.2) is 101 Å². The molecule has 1 heteroatoms. The van der Waals surface area contributed by atoms with Crippen LogP contribution in [0.4, 0.5) is 0 Å². The van der Waals surface area contributed by atoms with Crippen LogP contribution in [0.25, 0.3) is 44.2 Å². The molecule has 5 rings (SSSR count). The standard InChI is InChI=1S/C24H16O/c1-3-10-18(11-4-1)22-21-16-15-17-9-7-8-14-20(17)24(21)25-23(22)19-12-5-2-6-13-19/h1-16H. The van der Waals surface area contributed by atoms with Crippen LogP contribution in [0.1, 0.15) is 0 Å². The molecule has 0 unspecified atom stereocenters. The van der Waals surface area contributed by atoms with Crippen molar-refractivity contribution in [3.8, 4) is 22.5 Å². The van der Waals surface area contributed by atoms with Crippen molar-refractivity contribution in [3.63, 3.8) is 0 Å². The lowest BCUT2D eigenvalue weighted by Crippen LogP contribution is -1.80. The second-order valence-corrected chi connectivity index (χ2v) is 6.20. The van der Waals surface area contributed by atoms with Gasteiger partial charge in [-0.05, 0) is 17.0 Å². The van der Waals surface area contributed by atoms with E-state index < -0.39 is 0 Å². The zero-order valence-electron chi connectivity index (χ0n) is 13.6. The fourth-order valence-corrected chi connectivity index (χ4v) is 3.51. The second-order valence-electron chi connectivity index (χ2n) is 6.20. The highest BCUT2D eigenvalue weighted by atomic mass is 16.3. The van der Waals surface area contributed by atoms with Crippen molar-refractivity contribution in [2.75, 3.05) is 0 Å². The Hall–Kier alpha value is -3.32. The van der Waals surface area contributed by atoms with Crippen molar-refractivity contribution in [2.24, 2.45) is 0 Å². The molecular weight excluding hydrogens is 304 g/mol. The maximum atomic E-state index is 6.45. The number of benzene rings is 4. The SMILES string of the molecule is c1ccc(-c2oc3c(ccc4ccccc43)c2-c2ccccc2)cc1. The van der Waals surface area contributed by atoms with E-state index in [-0.39, 0.29) is 0 Å². The van der Waals surface area contributed by atoms with Gasteiger partial charge in [0.05, 0.1) is 0 Å². The van der Waals surface area contributed by atoms with E-state index in [0.717, 1.165) is 33.2 Å². The molecule has 1 nitrogen and oxygen atoms in total. The molecule has 118 valence electrons. The summed E-state index contributed by atoms with van der Waals surface area (Å²) in [6, 6.07) is 33.6. The van der Waals surface area contributed by atoms with Gasteiger partial charge in [0.15, 0.2) is 0 Å². The predicted octanol–water partition coefficient (Wildman–Crippen LogP) is 6.92. The molecule has 5 aromatic rings. The Kier molecular flexibility index (Phi) is 3.17. The quantitative estimate of drug-likeness (QED) is 0.344. The topological polar surface area (TPSA) is 13.1 Å². The van der Waals surface area contributed by atoms with Crippen molar-refractivity contribution in [1.29, 1.82) is 0 Å². The molecule has 0 N–H and O–H groups in total. The molecule has 0 saturated heterocycles. The van der Waals surface area contributed by atoms with E-state index in [9.17, 15) is 0 Å². The number of fused-ring (bicyclic) bond motifs is 3. The lowest BCUT2D eigenvalue weighted by molar-refractivity contribution is 0.636. The molecule has 0 aliphatic carbocycles. The number of hydrogen-bond donors (Lipinski definition) is 0. The smallest absolute Gasteiger partial charge is 0.143 e. The third kappa shape index (κ3) is 2.25. The molecule has 0 aliphatic heterocycles. The predicted molar refractivity (Wildman–Crippen MR) is 105 cm³/mol. The molecular formula is C24H16O. The van der Waals surface area contributed by atoms with Gasteiger partial charge in [-0.2, -0.15) is 0 Å². The molecule has 1 aromatic heterocycles. The van der Waals surface area contributed by atoms with Crippen molar-refractivity contribution < 1.29 is 4.42 Å². The number of furan rings is 1. The molecule has 0 atom stereocenters. The molecule has 0 spiro atoms. The number of rotatable bonds is 2.